The number of nitrogens with one attached hydrogen (secondary N) is 1. The summed E-state index contributed by atoms with van der Waals surface area (Å²) >= 11 is 0. The van der Waals surface area contributed by atoms with Crippen LogP contribution in [0.15, 0.2) is 0 Å². The Hall–Kier alpha value is -0.130. The summed E-state index contributed by atoms with van der Waals surface area (Å²) in [6, 6.07) is 0.0741. The van der Waals surface area contributed by atoms with Crippen LogP contribution in [0.4, 0.5) is 0 Å². The van der Waals surface area contributed by atoms with Gasteiger partial charge in [-0.15, -0.1) is 0 Å². The van der Waals surface area contributed by atoms with Gasteiger partial charge in [-0.05, 0) is 19.3 Å². The summed E-state index contributed by atoms with van der Waals surface area (Å²) < 4.78 is 20.4. The molecule has 0 aromatic heterocycles. The summed E-state index contributed by atoms with van der Waals surface area (Å²) in [6.45, 7) is 2.73. The molecule has 0 radical (unpaired) electrons. The number of nitrogens with zero attached hydrogens (tertiary/aromatic N) is 1. The second kappa shape index (κ2) is 3.32. The third kappa shape index (κ3) is 1.78. The first-order chi connectivity index (χ1) is 5.46. The molecule has 0 aliphatic carbocycles. The van der Waals surface area contributed by atoms with E-state index in [-0.39, 0.29) is 18.6 Å². The summed E-state index contributed by atoms with van der Waals surface area (Å²) in [6.07, 6.45) is 2.28. The molecule has 1 aliphatic heterocycles. The van der Waals surface area contributed by atoms with E-state index in [2.05, 4.69) is 0 Å². The lowest BCUT2D eigenvalue weighted by Crippen LogP contribution is -2.35. The Bertz CT molecular complexity index is 250. The zero-order chi connectivity index (χ0) is 9.35. The first-order valence-electron chi connectivity index (χ1n) is 4.08. The monoisotopic (exact) mass is 192 g/mol. The van der Waals surface area contributed by atoms with Crippen molar-refractivity contribution in [2.24, 2.45) is 5.92 Å². The average molecular weight is 192 g/mol. The van der Waals surface area contributed by atoms with Crippen LogP contribution in [-0.2, 0) is 9.92 Å². The van der Waals surface area contributed by atoms with Crippen molar-refractivity contribution in [3.05, 3.63) is 0 Å². The van der Waals surface area contributed by atoms with Gasteiger partial charge in [0.15, 0.2) is 0 Å². The summed E-state index contributed by atoms with van der Waals surface area (Å²) in [5.41, 5.74) is 0. The normalized spacial score (nSPS) is 36.6. The largest absolute Gasteiger partial charge is 0.396 e. The van der Waals surface area contributed by atoms with E-state index in [1.54, 1.807) is 4.31 Å². The molecular weight excluding hydrogens is 176 g/mol. The maximum absolute atomic E-state index is 11.4. The van der Waals surface area contributed by atoms with Gasteiger partial charge in [0.05, 0.1) is 0 Å². The van der Waals surface area contributed by atoms with Gasteiger partial charge in [0.25, 0.3) is 0 Å². The molecule has 3 unspecified atom stereocenters. The van der Waals surface area contributed by atoms with E-state index < -0.39 is 9.92 Å². The molecule has 0 aromatic carbocycles. The lowest BCUT2D eigenvalue weighted by atomic mass is 10.0. The molecule has 3 atom stereocenters. The number of rotatable bonds is 2. The lowest BCUT2D eigenvalue weighted by molar-refractivity contribution is 0.207. The molecule has 1 rings (SSSR count). The van der Waals surface area contributed by atoms with Crippen LogP contribution in [0.2, 0.25) is 0 Å². The second-order valence-corrected chi connectivity index (χ2v) is 5.49. The molecule has 1 saturated heterocycles. The highest BCUT2D eigenvalue weighted by Crippen LogP contribution is 2.25. The van der Waals surface area contributed by atoms with Gasteiger partial charge in [-0.3, -0.25) is 0 Å². The van der Waals surface area contributed by atoms with Gasteiger partial charge in [-0.1, -0.05) is 0 Å². The molecule has 1 fully saturated rings. The number of hydrogen-bond donors (Lipinski definition) is 2. The summed E-state index contributed by atoms with van der Waals surface area (Å²) in [5, 5.41) is 8.94. The van der Waals surface area contributed by atoms with Crippen LogP contribution in [0.5, 0.6) is 0 Å². The number of hydrogen-bond acceptors (Lipinski definition) is 3. The minimum absolute atomic E-state index is 0.0741. The van der Waals surface area contributed by atoms with Crippen LogP contribution in [-0.4, -0.2) is 39.1 Å². The first-order valence-corrected chi connectivity index (χ1v) is 6.00. The van der Waals surface area contributed by atoms with E-state index in [1.165, 1.54) is 6.26 Å². The van der Waals surface area contributed by atoms with Crippen LogP contribution in [0.1, 0.15) is 13.3 Å². The predicted octanol–water partition coefficient (Wildman–Crippen LogP) is 0.281. The van der Waals surface area contributed by atoms with Crippen molar-refractivity contribution in [1.29, 1.82) is 4.78 Å². The van der Waals surface area contributed by atoms with Crippen LogP contribution in [0.25, 0.3) is 0 Å². The Kier molecular flexibility index (Phi) is 2.75. The van der Waals surface area contributed by atoms with E-state index in [0.29, 0.717) is 6.54 Å². The lowest BCUT2D eigenvalue weighted by Gasteiger charge is -2.23. The van der Waals surface area contributed by atoms with Gasteiger partial charge in [0.1, 0.15) is 9.92 Å². The van der Waals surface area contributed by atoms with Crippen molar-refractivity contribution in [2.45, 2.75) is 19.4 Å². The topological polar surface area (TPSA) is 64.4 Å². The van der Waals surface area contributed by atoms with E-state index in [0.717, 1.165) is 6.42 Å². The van der Waals surface area contributed by atoms with Crippen molar-refractivity contribution < 1.29 is 9.32 Å². The van der Waals surface area contributed by atoms with Gasteiger partial charge < -0.3 is 5.11 Å². The molecule has 72 valence electrons. The van der Waals surface area contributed by atoms with Crippen LogP contribution in [0, 0.1) is 10.7 Å². The predicted molar refractivity (Wildman–Crippen MR) is 48.1 cm³/mol. The van der Waals surface area contributed by atoms with Crippen LogP contribution in [0.3, 0.4) is 0 Å². The highest BCUT2D eigenvalue weighted by atomic mass is 32.2. The van der Waals surface area contributed by atoms with Crippen LogP contribution >= 0.6 is 0 Å². The van der Waals surface area contributed by atoms with E-state index in [9.17, 15) is 4.21 Å². The molecule has 1 aliphatic rings. The molecule has 0 saturated carbocycles. The Morgan fingerprint density at radius 1 is 1.75 bits per heavy atom. The van der Waals surface area contributed by atoms with Gasteiger partial charge >= 0.3 is 0 Å². The Balaban J connectivity index is 2.74. The Labute approximate surface area is 73.7 Å². The fraction of sp³-hybridized carbons (Fsp3) is 1.00. The quantitative estimate of drug-likeness (QED) is 0.660. The van der Waals surface area contributed by atoms with E-state index >= 15 is 0 Å². The summed E-state index contributed by atoms with van der Waals surface area (Å²) in [4.78, 5) is 0. The van der Waals surface area contributed by atoms with Gasteiger partial charge in [-0.2, -0.15) is 0 Å². The third-order valence-corrected chi connectivity index (χ3v) is 3.95. The third-order valence-electron chi connectivity index (χ3n) is 2.54. The molecule has 2 N–H and O–H groups in total. The molecule has 0 bridgehead atoms. The van der Waals surface area contributed by atoms with Gasteiger partial charge in [0.2, 0.25) is 0 Å². The highest BCUT2D eigenvalue weighted by Gasteiger charge is 2.33. The molecule has 0 aromatic rings. The molecule has 0 spiro atoms. The molecule has 4 nitrogen and oxygen atoms in total. The zero-order valence-corrected chi connectivity index (χ0v) is 8.30. The number of aliphatic hydroxyl groups is 1. The molecule has 5 heteroatoms. The SMILES string of the molecule is CC1C(CO)CCN1S(C)(=N)=O. The first kappa shape index (κ1) is 9.95. The molecule has 0 amide bonds. The second-order valence-electron chi connectivity index (χ2n) is 3.42. The van der Waals surface area contributed by atoms with E-state index in [1.807, 2.05) is 6.92 Å². The maximum Gasteiger partial charge on any atom is 0.105 e. The van der Waals surface area contributed by atoms with Gasteiger partial charge in [0, 0.05) is 25.4 Å². The standard InChI is InChI=1S/C7H16N2O2S/c1-6-7(5-10)3-4-9(6)12(2,8)11/h6-8,10H,3-5H2,1-2H3. The minimum atomic E-state index is -2.57. The number of aliphatic hydroxyl groups excluding tert-OH is 1. The fourth-order valence-corrected chi connectivity index (χ4v) is 2.97. The molecule has 12 heavy (non-hydrogen) atoms. The zero-order valence-electron chi connectivity index (χ0n) is 7.49. The summed E-state index contributed by atoms with van der Waals surface area (Å²) in [5.74, 6) is 0.191. The summed E-state index contributed by atoms with van der Waals surface area (Å²) in [7, 11) is -2.57. The molecular formula is C7H16N2O2S. The van der Waals surface area contributed by atoms with Crippen molar-refractivity contribution in [1.82, 2.24) is 4.31 Å². The van der Waals surface area contributed by atoms with Crippen molar-refractivity contribution in [2.75, 3.05) is 19.4 Å². The minimum Gasteiger partial charge on any atom is -0.396 e. The smallest absolute Gasteiger partial charge is 0.105 e. The average Bonchev–Trinajstić information content (AvgIpc) is 2.29. The van der Waals surface area contributed by atoms with Crippen molar-refractivity contribution in [3.8, 4) is 0 Å². The maximum atomic E-state index is 11.4. The van der Waals surface area contributed by atoms with E-state index in [4.69, 9.17) is 9.89 Å². The molecule has 1 heterocycles. The van der Waals surface area contributed by atoms with Crippen molar-refractivity contribution >= 4 is 9.92 Å². The Morgan fingerprint density at radius 3 is 2.58 bits per heavy atom. The highest BCUT2D eigenvalue weighted by molar-refractivity contribution is 7.89. The fourth-order valence-electron chi connectivity index (χ4n) is 1.71. The Morgan fingerprint density at radius 2 is 2.33 bits per heavy atom. The van der Waals surface area contributed by atoms with Crippen LogP contribution < -0.4 is 0 Å². The van der Waals surface area contributed by atoms with Crippen molar-refractivity contribution in [3.63, 3.8) is 0 Å². The van der Waals surface area contributed by atoms with Gasteiger partial charge in [-0.25, -0.2) is 13.3 Å².